The third kappa shape index (κ3) is 7.14. The molecule has 3 aromatic heterocycles. The molecule has 0 aromatic carbocycles. The second kappa shape index (κ2) is 11.3. The van der Waals surface area contributed by atoms with E-state index in [9.17, 15) is 31.5 Å². The molecular formula is C27H30F5N7O2. The molecule has 0 saturated heterocycles. The minimum absolute atomic E-state index is 0.0784. The summed E-state index contributed by atoms with van der Waals surface area (Å²) in [7, 11) is 0. The Morgan fingerprint density at radius 1 is 1.05 bits per heavy atom. The Kier molecular flexibility index (Phi) is 7.93. The van der Waals surface area contributed by atoms with Crippen LogP contribution in [0, 0.1) is 18.8 Å². The van der Waals surface area contributed by atoms with Gasteiger partial charge in [0.05, 0.1) is 42.3 Å². The quantitative estimate of drug-likeness (QED) is 0.344. The second-order valence-electron chi connectivity index (χ2n) is 10.9. The predicted molar refractivity (Wildman–Crippen MR) is 136 cm³/mol. The van der Waals surface area contributed by atoms with Gasteiger partial charge in [-0.25, -0.2) is 23.3 Å². The van der Waals surface area contributed by atoms with Gasteiger partial charge < -0.3 is 10.6 Å². The normalized spacial score (nSPS) is 19.1. The maximum atomic E-state index is 14.0. The maximum Gasteiger partial charge on any atom is 0.389 e. The molecule has 14 heteroatoms. The molecule has 41 heavy (non-hydrogen) atoms. The van der Waals surface area contributed by atoms with Gasteiger partial charge in [-0.1, -0.05) is 0 Å². The summed E-state index contributed by atoms with van der Waals surface area (Å²) in [4.78, 5) is 38.3. The van der Waals surface area contributed by atoms with Crippen LogP contribution in [-0.4, -0.2) is 48.5 Å². The molecule has 0 radical (unpaired) electrons. The summed E-state index contributed by atoms with van der Waals surface area (Å²) in [6, 6.07) is 0.486. The van der Waals surface area contributed by atoms with Crippen LogP contribution in [-0.2, 0) is 4.79 Å². The predicted octanol–water partition coefficient (Wildman–Crippen LogP) is 5.03. The fraction of sp³-hybridized carbons (Fsp3) is 0.556. The highest BCUT2D eigenvalue weighted by Crippen LogP contribution is 2.43. The summed E-state index contributed by atoms with van der Waals surface area (Å²) in [5, 5.41) is 10.0. The fourth-order valence-corrected chi connectivity index (χ4v) is 5.30. The number of hydrogen-bond donors (Lipinski definition) is 2. The van der Waals surface area contributed by atoms with E-state index in [1.54, 1.807) is 19.2 Å². The molecule has 1 unspecified atom stereocenters. The zero-order valence-corrected chi connectivity index (χ0v) is 22.3. The number of imidazole rings is 1. The highest BCUT2D eigenvalue weighted by atomic mass is 19.4. The van der Waals surface area contributed by atoms with Crippen molar-refractivity contribution in [3.8, 4) is 0 Å². The number of fused-ring (bicyclic) bond motifs is 1. The molecule has 2 N–H and O–H groups in total. The van der Waals surface area contributed by atoms with Crippen LogP contribution in [0.3, 0.4) is 0 Å². The van der Waals surface area contributed by atoms with Crippen molar-refractivity contribution >= 4 is 17.5 Å². The highest BCUT2D eigenvalue weighted by Gasteiger charge is 2.40. The highest BCUT2D eigenvalue weighted by molar-refractivity contribution is 5.93. The van der Waals surface area contributed by atoms with E-state index in [0.29, 0.717) is 22.6 Å². The summed E-state index contributed by atoms with van der Waals surface area (Å²) in [6.45, 7) is 1.65. The van der Waals surface area contributed by atoms with Crippen LogP contribution < -0.4 is 10.6 Å². The van der Waals surface area contributed by atoms with Gasteiger partial charge in [0, 0.05) is 31.7 Å². The summed E-state index contributed by atoms with van der Waals surface area (Å²) >= 11 is 0. The molecule has 3 heterocycles. The number of nitrogens with one attached hydrogen (secondary N) is 2. The Hall–Kier alpha value is -3.71. The lowest BCUT2D eigenvalue weighted by molar-refractivity contribution is -0.144. The lowest BCUT2D eigenvalue weighted by atomic mass is 9.81. The lowest BCUT2D eigenvalue weighted by Gasteiger charge is -2.33. The smallest absolute Gasteiger partial charge is 0.349 e. The van der Waals surface area contributed by atoms with Crippen molar-refractivity contribution in [1.82, 2.24) is 35.2 Å². The van der Waals surface area contributed by atoms with Crippen molar-refractivity contribution in [2.75, 3.05) is 0 Å². The SMILES string of the molecule is Cc1nccnc1C(=O)N[C@H](c1cn2ncc(C(NC(=O)CCC(F)(F)F)C3CC3)cc2n1)C1CCC(F)(F)CC1. The Labute approximate surface area is 232 Å². The molecule has 5 rings (SSSR count). The van der Waals surface area contributed by atoms with Gasteiger partial charge in [-0.05, 0) is 56.1 Å². The summed E-state index contributed by atoms with van der Waals surface area (Å²) < 4.78 is 67.2. The van der Waals surface area contributed by atoms with Gasteiger partial charge in [0.2, 0.25) is 11.8 Å². The largest absolute Gasteiger partial charge is 0.389 e. The van der Waals surface area contributed by atoms with E-state index in [0.717, 1.165) is 12.8 Å². The van der Waals surface area contributed by atoms with Gasteiger partial charge in [0.25, 0.3) is 5.91 Å². The van der Waals surface area contributed by atoms with Crippen LogP contribution in [0.5, 0.6) is 0 Å². The van der Waals surface area contributed by atoms with E-state index in [1.807, 2.05) is 0 Å². The molecule has 2 aliphatic carbocycles. The molecule has 2 atom stereocenters. The summed E-state index contributed by atoms with van der Waals surface area (Å²) in [6.07, 6.45) is 1.10. The zero-order valence-electron chi connectivity index (χ0n) is 22.3. The number of alkyl halides is 5. The second-order valence-corrected chi connectivity index (χ2v) is 10.9. The first kappa shape index (κ1) is 28.8. The number of hydrogen-bond acceptors (Lipinski definition) is 6. The van der Waals surface area contributed by atoms with Crippen molar-refractivity contribution in [2.45, 2.75) is 82.5 Å². The number of carbonyl (C=O) groups excluding carboxylic acids is 2. The first-order chi connectivity index (χ1) is 19.4. The summed E-state index contributed by atoms with van der Waals surface area (Å²) in [5.41, 5.74) is 1.96. The van der Waals surface area contributed by atoms with Crippen molar-refractivity contribution < 1.29 is 31.5 Å². The van der Waals surface area contributed by atoms with E-state index < -0.39 is 48.8 Å². The van der Waals surface area contributed by atoms with Crippen molar-refractivity contribution in [1.29, 1.82) is 0 Å². The monoisotopic (exact) mass is 579 g/mol. The molecule has 3 aromatic rings. The van der Waals surface area contributed by atoms with Gasteiger partial charge in [-0.3, -0.25) is 14.6 Å². The molecule has 2 fully saturated rings. The van der Waals surface area contributed by atoms with Gasteiger partial charge in [-0.15, -0.1) is 0 Å². The Morgan fingerprint density at radius 3 is 2.39 bits per heavy atom. The van der Waals surface area contributed by atoms with Crippen molar-refractivity contribution in [2.24, 2.45) is 11.8 Å². The molecular weight excluding hydrogens is 549 g/mol. The first-order valence-corrected chi connectivity index (χ1v) is 13.6. The number of amides is 2. The molecule has 0 spiro atoms. The van der Waals surface area contributed by atoms with Crippen LogP contribution in [0.25, 0.3) is 5.65 Å². The van der Waals surface area contributed by atoms with E-state index in [4.69, 9.17) is 0 Å². The van der Waals surface area contributed by atoms with E-state index in [1.165, 1.54) is 23.1 Å². The van der Waals surface area contributed by atoms with Crippen LogP contribution in [0.2, 0.25) is 0 Å². The fourth-order valence-electron chi connectivity index (χ4n) is 5.30. The van der Waals surface area contributed by atoms with Crippen molar-refractivity contribution in [3.63, 3.8) is 0 Å². The third-order valence-corrected chi connectivity index (χ3v) is 7.70. The molecule has 2 amide bonds. The number of halogens is 5. The zero-order chi connectivity index (χ0) is 29.4. The average molecular weight is 580 g/mol. The van der Waals surface area contributed by atoms with Gasteiger partial charge in [0.1, 0.15) is 5.69 Å². The van der Waals surface area contributed by atoms with Crippen LogP contribution >= 0.6 is 0 Å². The number of nitrogens with zero attached hydrogens (tertiary/aromatic N) is 5. The topological polar surface area (TPSA) is 114 Å². The van der Waals surface area contributed by atoms with Crippen LogP contribution in [0.1, 0.15) is 90.9 Å². The molecule has 2 saturated carbocycles. The first-order valence-electron chi connectivity index (χ1n) is 13.6. The molecule has 9 nitrogen and oxygen atoms in total. The molecule has 0 aliphatic heterocycles. The number of aryl methyl sites for hydroxylation is 1. The standard InChI is InChI=1S/C27H30F5N7O2/c1-15-22(34-11-10-33-15)25(41)38-24(17-4-7-26(28,29)8-5-17)19-14-39-20(36-19)12-18(13-35-39)23(16-2-3-16)37-21(40)6-9-27(30,31)32/h10-14,16-17,23-24H,2-9H2,1H3,(H,37,40)(H,38,41)/t23?,24-/m0/s1. The van der Waals surface area contributed by atoms with Gasteiger partial charge in [0.15, 0.2) is 5.65 Å². The minimum atomic E-state index is -4.43. The molecule has 0 bridgehead atoms. The number of aromatic nitrogens is 5. The van der Waals surface area contributed by atoms with E-state index >= 15 is 0 Å². The van der Waals surface area contributed by atoms with Gasteiger partial charge >= 0.3 is 6.18 Å². The number of rotatable bonds is 9. The van der Waals surface area contributed by atoms with Crippen LogP contribution in [0.15, 0.2) is 30.9 Å². The Morgan fingerprint density at radius 2 is 1.73 bits per heavy atom. The van der Waals surface area contributed by atoms with E-state index in [-0.39, 0.29) is 43.2 Å². The third-order valence-electron chi connectivity index (χ3n) is 7.70. The van der Waals surface area contributed by atoms with Crippen LogP contribution in [0.4, 0.5) is 22.0 Å². The Bertz CT molecular complexity index is 1410. The average Bonchev–Trinajstić information content (AvgIpc) is 3.67. The minimum Gasteiger partial charge on any atom is -0.349 e. The maximum absolute atomic E-state index is 14.0. The molecule has 2 aliphatic rings. The number of carbonyl (C=O) groups is 2. The van der Waals surface area contributed by atoms with E-state index in [2.05, 4.69) is 30.7 Å². The Balaban J connectivity index is 1.40. The van der Waals surface area contributed by atoms with Crippen molar-refractivity contribution in [3.05, 3.63) is 53.5 Å². The van der Waals surface area contributed by atoms with Gasteiger partial charge in [-0.2, -0.15) is 18.3 Å². The summed E-state index contributed by atoms with van der Waals surface area (Å²) in [5.74, 6) is -4.19. The molecule has 220 valence electrons. The lowest BCUT2D eigenvalue weighted by Crippen LogP contribution is -2.38.